The Morgan fingerprint density at radius 1 is 1.28 bits per heavy atom. The normalized spacial score (nSPS) is 16.9. The molecule has 4 nitrogen and oxygen atoms in total. The van der Waals surface area contributed by atoms with Crippen molar-refractivity contribution in [2.75, 3.05) is 50.5 Å². The van der Waals surface area contributed by atoms with Crippen molar-refractivity contribution in [2.24, 2.45) is 0 Å². The van der Waals surface area contributed by atoms with E-state index >= 15 is 0 Å². The third-order valence-electron chi connectivity index (χ3n) is 3.46. The zero-order valence-electron chi connectivity index (χ0n) is 10.9. The van der Waals surface area contributed by atoms with E-state index in [2.05, 4.69) is 11.8 Å². The van der Waals surface area contributed by atoms with E-state index in [1.54, 1.807) is 13.2 Å². The monoisotopic (exact) mass is 253 g/mol. The summed E-state index contributed by atoms with van der Waals surface area (Å²) in [5, 5.41) is 0. The van der Waals surface area contributed by atoms with Crippen molar-refractivity contribution in [3.63, 3.8) is 0 Å². The average Bonchev–Trinajstić information content (AvgIpc) is 2.39. The molecule has 1 aliphatic heterocycles. The third-order valence-corrected chi connectivity index (χ3v) is 3.46. The van der Waals surface area contributed by atoms with Crippen molar-refractivity contribution in [1.29, 1.82) is 0 Å². The number of nitrogen functional groups attached to an aromatic ring is 1. The smallest absolute Gasteiger partial charge is 0.148 e. The van der Waals surface area contributed by atoms with E-state index in [0.29, 0.717) is 17.1 Å². The molecule has 2 rings (SSSR count). The zero-order chi connectivity index (χ0) is 13.1. The summed E-state index contributed by atoms with van der Waals surface area (Å²) < 4.78 is 19.1. The van der Waals surface area contributed by atoms with Crippen LogP contribution in [0.2, 0.25) is 0 Å². The van der Waals surface area contributed by atoms with Gasteiger partial charge in [-0.15, -0.1) is 0 Å². The minimum Gasteiger partial charge on any atom is -0.495 e. The number of hydrogen-bond donors (Lipinski definition) is 1. The van der Waals surface area contributed by atoms with Crippen LogP contribution in [0, 0.1) is 5.82 Å². The standard InChI is InChI=1S/C13H20FN3O/c1-3-16-4-6-17(7-5-16)12-9-13(18-2)11(15)8-10(12)14/h8-9H,3-7,15H2,1-2H3. The summed E-state index contributed by atoms with van der Waals surface area (Å²) in [6.45, 7) is 6.77. The van der Waals surface area contributed by atoms with Gasteiger partial charge in [-0.05, 0) is 6.54 Å². The van der Waals surface area contributed by atoms with Crippen LogP contribution in [0.4, 0.5) is 15.8 Å². The molecule has 5 heteroatoms. The third kappa shape index (κ3) is 2.51. The molecule has 0 bridgehead atoms. The summed E-state index contributed by atoms with van der Waals surface area (Å²) >= 11 is 0. The van der Waals surface area contributed by atoms with Crippen LogP contribution in [-0.4, -0.2) is 44.7 Å². The van der Waals surface area contributed by atoms with E-state index in [-0.39, 0.29) is 5.82 Å². The topological polar surface area (TPSA) is 41.7 Å². The predicted octanol–water partition coefficient (Wildman–Crippen LogP) is 1.56. The molecule has 1 heterocycles. The van der Waals surface area contributed by atoms with Crippen LogP contribution >= 0.6 is 0 Å². The van der Waals surface area contributed by atoms with E-state index in [1.165, 1.54) is 6.07 Å². The Bertz CT molecular complexity index is 417. The Morgan fingerprint density at radius 2 is 1.94 bits per heavy atom. The van der Waals surface area contributed by atoms with Gasteiger partial charge in [0.1, 0.15) is 11.6 Å². The van der Waals surface area contributed by atoms with Gasteiger partial charge in [0.25, 0.3) is 0 Å². The van der Waals surface area contributed by atoms with Gasteiger partial charge in [-0.25, -0.2) is 4.39 Å². The Balaban J connectivity index is 2.18. The lowest BCUT2D eigenvalue weighted by molar-refractivity contribution is 0.270. The number of nitrogens with two attached hydrogens (primary N) is 1. The minimum atomic E-state index is -0.279. The van der Waals surface area contributed by atoms with Gasteiger partial charge in [-0.3, -0.25) is 0 Å². The first-order valence-corrected chi connectivity index (χ1v) is 6.26. The molecule has 100 valence electrons. The van der Waals surface area contributed by atoms with Crippen LogP contribution in [-0.2, 0) is 0 Å². The molecule has 0 aromatic heterocycles. The molecule has 1 aliphatic rings. The first-order chi connectivity index (χ1) is 8.65. The van der Waals surface area contributed by atoms with Crippen LogP contribution in [0.25, 0.3) is 0 Å². The summed E-state index contributed by atoms with van der Waals surface area (Å²) in [6.07, 6.45) is 0. The molecular weight excluding hydrogens is 233 g/mol. The van der Waals surface area contributed by atoms with Gasteiger partial charge in [0.15, 0.2) is 0 Å². The lowest BCUT2D eigenvalue weighted by Crippen LogP contribution is -2.46. The highest BCUT2D eigenvalue weighted by molar-refractivity contribution is 5.63. The Kier molecular flexibility index (Phi) is 3.91. The summed E-state index contributed by atoms with van der Waals surface area (Å²) in [5.74, 6) is 0.252. The Hall–Kier alpha value is -1.49. The van der Waals surface area contributed by atoms with Crippen LogP contribution in [0.1, 0.15) is 6.92 Å². The Morgan fingerprint density at radius 3 is 2.50 bits per heavy atom. The number of piperazine rings is 1. The SMILES string of the molecule is CCN1CCN(c2cc(OC)c(N)cc2F)CC1. The predicted molar refractivity (Wildman–Crippen MR) is 71.7 cm³/mol. The molecule has 0 amide bonds. The maximum absolute atomic E-state index is 13.9. The second-order valence-electron chi connectivity index (χ2n) is 4.47. The van der Waals surface area contributed by atoms with Crippen LogP contribution in [0.5, 0.6) is 5.75 Å². The minimum absolute atomic E-state index is 0.279. The fourth-order valence-corrected chi connectivity index (χ4v) is 2.28. The Labute approximate surface area is 107 Å². The van der Waals surface area contributed by atoms with Crippen LogP contribution in [0.3, 0.4) is 0 Å². The molecular formula is C13H20FN3O. The molecule has 0 aliphatic carbocycles. The van der Waals surface area contributed by atoms with Gasteiger partial charge in [-0.1, -0.05) is 6.92 Å². The second kappa shape index (κ2) is 5.44. The summed E-state index contributed by atoms with van der Waals surface area (Å²) in [6, 6.07) is 3.02. The van der Waals surface area contributed by atoms with Crippen molar-refractivity contribution in [3.05, 3.63) is 17.9 Å². The van der Waals surface area contributed by atoms with Gasteiger partial charge < -0.3 is 20.3 Å². The highest BCUT2D eigenvalue weighted by Gasteiger charge is 2.20. The number of benzene rings is 1. The number of anilines is 2. The molecule has 1 saturated heterocycles. The quantitative estimate of drug-likeness (QED) is 0.830. The van der Waals surface area contributed by atoms with Gasteiger partial charge in [0, 0.05) is 38.3 Å². The summed E-state index contributed by atoms with van der Waals surface area (Å²) in [5.41, 5.74) is 6.60. The maximum atomic E-state index is 13.9. The lowest BCUT2D eigenvalue weighted by atomic mass is 10.2. The van der Waals surface area contributed by atoms with Crippen LogP contribution < -0.4 is 15.4 Å². The number of rotatable bonds is 3. The molecule has 1 fully saturated rings. The van der Waals surface area contributed by atoms with E-state index < -0.39 is 0 Å². The van der Waals surface area contributed by atoms with Crippen molar-refractivity contribution >= 4 is 11.4 Å². The van der Waals surface area contributed by atoms with E-state index in [0.717, 1.165) is 32.7 Å². The van der Waals surface area contributed by atoms with E-state index in [4.69, 9.17) is 10.5 Å². The molecule has 18 heavy (non-hydrogen) atoms. The largest absolute Gasteiger partial charge is 0.495 e. The fourth-order valence-electron chi connectivity index (χ4n) is 2.28. The maximum Gasteiger partial charge on any atom is 0.148 e. The van der Waals surface area contributed by atoms with E-state index in [1.807, 2.05) is 4.90 Å². The molecule has 0 atom stereocenters. The number of nitrogens with zero attached hydrogens (tertiary/aromatic N) is 2. The molecule has 1 aromatic rings. The highest BCUT2D eigenvalue weighted by atomic mass is 19.1. The number of methoxy groups -OCH3 is 1. The molecule has 0 spiro atoms. The zero-order valence-corrected chi connectivity index (χ0v) is 10.9. The van der Waals surface area contributed by atoms with Gasteiger partial charge in [-0.2, -0.15) is 0 Å². The summed E-state index contributed by atoms with van der Waals surface area (Å²) in [4.78, 5) is 4.40. The number of hydrogen-bond acceptors (Lipinski definition) is 4. The van der Waals surface area contributed by atoms with Gasteiger partial charge in [0.05, 0.1) is 18.5 Å². The molecule has 0 unspecified atom stereocenters. The first-order valence-electron chi connectivity index (χ1n) is 6.26. The molecule has 1 aromatic carbocycles. The van der Waals surface area contributed by atoms with Crippen molar-refractivity contribution in [2.45, 2.75) is 6.92 Å². The average molecular weight is 253 g/mol. The molecule has 0 radical (unpaired) electrons. The van der Waals surface area contributed by atoms with Crippen LogP contribution in [0.15, 0.2) is 12.1 Å². The van der Waals surface area contributed by atoms with Crippen molar-refractivity contribution in [3.8, 4) is 5.75 Å². The molecule has 0 saturated carbocycles. The highest BCUT2D eigenvalue weighted by Crippen LogP contribution is 2.31. The van der Waals surface area contributed by atoms with Crippen molar-refractivity contribution in [1.82, 2.24) is 4.90 Å². The fraction of sp³-hybridized carbons (Fsp3) is 0.538. The van der Waals surface area contributed by atoms with Crippen molar-refractivity contribution < 1.29 is 9.13 Å². The number of halogens is 1. The van der Waals surface area contributed by atoms with Gasteiger partial charge >= 0.3 is 0 Å². The second-order valence-corrected chi connectivity index (χ2v) is 4.47. The summed E-state index contributed by atoms with van der Waals surface area (Å²) in [7, 11) is 1.54. The molecule has 2 N–H and O–H groups in total. The number of likely N-dealkylation sites (N-methyl/N-ethyl adjacent to an activating group) is 1. The van der Waals surface area contributed by atoms with E-state index in [9.17, 15) is 4.39 Å². The lowest BCUT2D eigenvalue weighted by Gasteiger charge is -2.35. The van der Waals surface area contributed by atoms with Gasteiger partial charge in [0.2, 0.25) is 0 Å². The first kappa shape index (κ1) is 13.0. The number of ether oxygens (including phenoxy) is 1.